The Labute approximate surface area is 102 Å². The maximum atomic E-state index is 8.51. The largest absolute Gasteiger partial charge is 0.478 e. The molecule has 0 radical (unpaired) electrons. The molecule has 0 heterocycles. The van der Waals surface area contributed by atoms with E-state index < -0.39 is 0 Å². The van der Waals surface area contributed by atoms with E-state index in [-0.39, 0.29) is 6.61 Å². The van der Waals surface area contributed by atoms with E-state index in [0.29, 0.717) is 0 Å². The van der Waals surface area contributed by atoms with Gasteiger partial charge in [-0.3, -0.25) is 0 Å². The van der Waals surface area contributed by atoms with Crippen molar-refractivity contribution in [3.05, 3.63) is 29.8 Å². The Hall–Kier alpha value is -1.53. The van der Waals surface area contributed by atoms with Crippen LogP contribution < -0.4 is 10.1 Å². The molecule has 90 valence electrons. The molecule has 3 nitrogen and oxygen atoms in total. The van der Waals surface area contributed by atoms with Gasteiger partial charge in [-0.05, 0) is 30.9 Å². The normalized spacial score (nSPS) is 21.9. The maximum absolute atomic E-state index is 8.51. The van der Waals surface area contributed by atoms with Crippen LogP contribution in [0.25, 0.3) is 0 Å². The van der Waals surface area contributed by atoms with Gasteiger partial charge in [-0.25, -0.2) is 0 Å². The Morgan fingerprint density at radius 3 is 2.94 bits per heavy atom. The number of hydrogen-bond donors (Lipinski definition) is 1. The van der Waals surface area contributed by atoms with Crippen LogP contribution in [-0.4, -0.2) is 13.2 Å². The van der Waals surface area contributed by atoms with E-state index in [2.05, 4.69) is 12.2 Å². The molecule has 3 heteroatoms. The van der Waals surface area contributed by atoms with Crippen LogP contribution in [-0.2, 0) is 6.54 Å². The predicted molar refractivity (Wildman–Crippen MR) is 66.5 cm³/mol. The number of nitriles is 1. The van der Waals surface area contributed by atoms with Crippen molar-refractivity contribution in [3.63, 3.8) is 0 Å². The summed E-state index contributed by atoms with van der Waals surface area (Å²) in [4.78, 5) is 0. The molecule has 1 aliphatic carbocycles. The second kappa shape index (κ2) is 5.70. The van der Waals surface area contributed by atoms with Crippen molar-refractivity contribution < 1.29 is 4.74 Å². The highest BCUT2D eigenvalue weighted by molar-refractivity contribution is 5.33. The van der Waals surface area contributed by atoms with Crippen molar-refractivity contribution in [2.24, 2.45) is 11.8 Å². The Morgan fingerprint density at radius 2 is 2.24 bits per heavy atom. The first-order valence-corrected chi connectivity index (χ1v) is 6.09. The van der Waals surface area contributed by atoms with Gasteiger partial charge in [0.25, 0.3) is 0 Å². The third-order valence-electron chi connectivity index (χ3n) is 3.26. The lowest BCUT2D eigenvalue weighted by atomic mass is 10.2. The Balaban J connectivity index is 1.83. The number of benzene rings is 1. The first-order chi connectivity index (χ1) is 8.31. The van der Waals surface area contributed by atoms with Crippen LogP contribution in [0, 0.1) is 23.2 Å². The fraction of sp³-hybridized carbons (Fsp3) is 0.500. The van der Waals surface area contributed by atoms with Crippen LogP contribution in [0.4, 0.5) is 0 Å². The molecule has 0 aliphatic heterocycles. The van der Waals surface area contributed by atoms with Crippen LogP contribution in [0.15, 0.2) is 24.3 Å². The van der Waals surface area contributed by atoms with Crippen molar-refractivity contribution in [1.29, 1.82) is 5.26 Å². The SMILES string of the molecule is CC1CC1CNCc1ccccc1OCC#N. The summed E-state index contributed by atoms with van der Waals surface area (Å²) >= 11 is 0. The third kappa shape index (κ3) is 3.47. The van der Waals surface area contributed by atoms with E-state index in [1.54, 1.807) is 0 Å². The van der Waals surface area contributed by atoms with Crippen molar-refractivity contribution in [1.82, 2.24) is 5.32 Å². The number of nitrogens with zero attached hydrogens (tertiary/aromatic N) is 1. The molecule has 1 aromatic carbocycles. The molecular weight excluding hydrogens is 212 g/mol. The number of nitrogens with one attached hydrogen (secondary N) is 1. The standard InChI is InChI=1S/C14H18N2O/c1-11-8-13(11)10-16-9-12-4-2-3-5-14(12)17-7-6-15/h2-5,11,13,16H,7-10H2,1H3. The molecule has 2 rings (SSSR count). The summed E-state index contributed by atoms with van der Waals surface area (Å²) in [6.45, 7) is 4.28. The average Bonchev–Trinajstić information content (AvgIpc) is 3.04. The van der Waals surface area contributed by atoms with Gasteiger partial charge in [0.15, 0.2) is 6.61 Å². The minimum absolute atomic E-state index is 0.108. The van der Waals surface area contributed by atoms with E-state index in [1.807, 2.05) is 30.3 Å². The molecule has 0 aromatic heterocycles. The second-order valence-electron chi connectivity index (χ2n) is 4.66. The van der Waals surface area contributed by atoms with Crippen LogP contribution in [0.3, 0.4) is 0 Å². The van der Waals surface area contributed by atoms with Crippen molar-refractivity contribution in [2.75, 3.05) is 13.2 Å². The molecule has 2 atom stereocenters. The van der Waals surface area contributed by atoms with Gasteiger partial charge < -0.3 is 10.1 Å². The zero-order chi connectivity index (χ0) is 12.1. The molecule has 1 aliphatic rings. The first kappa shape index (κ1) is 11.9. The van der Waals surface area contributed by atoms with E-state index >= 15 is 0 Å². The quantitative estimate of drug-likeness (QED) is 0.815. The molecule has 0 bridgehead atoms. The van der Waals surface area contributed by atoms with Gasteiger partial charge in [-0.2, -0.15) is 5.26 Å². The minimum Gasteiger partial charge on any atom is -0.478 e. The smallest absolute Gasteiger partial charge is 0.174 e. The molecule has 1 saturated carbocycles. The topological polar surface area (TPSA) is 45.0 Å². The van der Waals surface area contributed by atoms with Gasteiger partial charge in [0.05, 0.1) is 0 Å². The van der Waals surface area contributed by atoms with Crippen molar-refractivity contribution in [3.8, 4) is 11.8 Å². The Morgan fingerprint density at radius 1 is 1.47 bits per heavy atom. The first-order valence-electron chi connectivity index (χ1n) is 6.09. The molecule has 2 unspecified atom stereocenters. The van der Waals surface area contributed by atoms with Gasteiger partial charge >= 0.3 is 0 Å². The zero-order valence-electron chi connectivity index (χ0n) is 10.1. The van der Waals surface area contributed by atoms with Crippen LogP contribution in [0.5, 0.6) is 5.75 Å². The lowest BCUT2D eigenvalue weighted by Gasteiger charge is -2.09. The Kier molecular flexibility index (Phi) is 4.00. The lowest BCUT2D eigenvalue weighted by molar-refractivity contribution is 0.362. The second-order valence-corrected chi connectivity index (χ2v) is 4.66. The highest BCUT2D eigenvalue weighted by atomic mass is 16.5. The van der Waals surface area contributed by atoms with Gasteiger partial charge in [0.2, 0.25) is 0 Å². The zero-order valence-corrected chi connectivity index (χ0v) is 10.1. The van der Waals surface area contributed by atoms with E-state index in [9.17, 15) is 0 Å². The summed E-state index contributed by atoms with van der Waals surface area (Å²) in [6, 6.07) is 9.87. The number of rotatable bonds is 6. The molecule has 0 spiro atoms. The summed E-state index contributed by atoms with van der Waals surface area (Å²) < 4.78 is 5.38. The molecule has 1 aromatic rings. The summed E-state index contributed by atoms with van der Waals surface area (Å²) in [5.41, 5.74) is 1.12. The highest BCUT2D eigenvalue weighted by Crippen LogP contribution is 2.36. The molecular formula is C14H18N2O. The van der Waals surface area contributed by atoms with Crippen LogP contribution >= 0.6 is 0 Å². The fourth-order valence-electron chi connectivity index (χ4n) is 1.98. The van der Waals surface area contributed by atoms with Crippen molar-refractivity contribution >= 4 is 0 Å². The van der Waals surface area contributed by atoms with Crippen LogP contribution in [0.2, 0.25) is 0 Å². The number of para-hydroxylation sites is 1. The highest BCUT2D eigenvalue weighted by Gasteiger charge is 2.31. The van der Waals surface area contributed by atoms with Gasteiger partial charge in [-0.1, -0.05) is 25.1 Å². The van der Waals surface area contributed by atoms with E-state index in [0.717, 1.165) is 36.2 Å². The van der Waals surface area contributed by atoms with Crippen LogP contribution in [0.1, 0.15) is 18.9 Å². The van der Waals surface area contributed by atoms with Gasteiger partial charge in [0, 0.05) is 12.1 Å². The lowest BCUT2D eigenvalue weighted by Crippen LogP contribution is -2.17. The summed E-state index contributed by atoms with van der Waals surface area (Å²) in [5.74, 6) is 2.54. The van der Waals surface area contributed by atoms with E-state index in [1.165, 1.54) is 6.42 Å². The number of hydrogen-bond acceptors (Lipinski definition) is 3. The molecule has 17 heavy (non-hydrogen) atoms. The van der Waals surface area contributed by atoms with E-state index in [4.69, 9.17) is 10.00 Å². The molecule has 0 saturated heterocycles. The molecule has 1 N–H and O–H groups in total. The average molecular weight is 230 g/mol. The minimum atomic E-state index is 0.108. The molecule has 0 amide bonds. The maximum Gasteiger partial charge on any atom is 0.174 e. The van der Waals surface area contributed by atoms with Gasteiger partial charge in [0.1, 0.15) is 11.8 Å². The number of ether oxygens (including phenoxy) is 1. The van der Waals surface area contributed by atoms with Gasteiger partial charge in [-0.15, -0.1) is 0 Å². The third-order valence-corrected chi connectivity index (χ3v) is 3.26. The summed E-state index contributed by atoms with van der Waals surface area (Å²) in [6.07, 6.45) is 1.35. The predicted octanol–water partition coefficient (Wildman–Crippen LogP) is 2.33. The molecule has 1 fully saturated rings. The Bertz CT molecular complexity index is 411. The summed E-state index contributed by atoms with van der Waals surface area (Å²) in [5, 5.41) is 12.0. The summed E-state index contributed by atoms with van der Waals surface area (Å²) in [7, 11) is 0. The van der Waals surface area contributed by atoms with Crippen molar-refractivity contribution in [2.45, 2.75) is 19.9 Å². The fourth-order valence-corrected chi connectivity index (χ4v) is 1.98. The monoisotopic (exact) mass is 230 g/mol.